The lowest BCUT2D eigenvalue weighted by atomic mass is 10.1. The molecule has 158 valence electrons. The zero-order valence-electron chi connectivity index (χ0n) is 15.9. The van der Waals surface area contributed by atoms with Crippen LogP contribution in [0.1, 0.15) is 12.8 Å². The molecule has 0 bridgehead atoms. The van der Waals surface area contributed by atoms with Gasteiger partial charge >= 0.3 is 6.03 Å². The van der Waals surface area contributed by atoms with Crippen LogP contribution >= 0.6 is 24.8 Å². The number of anilines is 2. The Hall–Kier alpha value is -1.58. The van der Waals surface area contributed by atoms with E-state index in [0.717, 1.165) is 32.5 Å². The molecule has 4 N–H and O–H groups in total. The van der Waals surface area contributed by atoms with Crippen molar-refractivity contribution in [2.45, 2.75) is 25.0 Å². The van der Waals surface area contributed by atoms with Crippen molar-refractivity contribution in [2.24, 2.45) is 0 Å². The molecule has 2 fully saturated rings. The number of carbonyl (C=O) groups excluding carboxylic acids is 2. The van der Waals surface area contributed by atoms with E-state index < -0.39 is 6.10 Å². The van der Waals surface area contributed by atoms with Crippen LogP contribution in [0.25, 0.3) is 0 Å². The van der Waals surface area contributed by atoms with Gasteiger partial charge in [0.2, 0.25) is 0 Å². The predicted octanol–water partition coefficient (Wildman–Crippen LogP) is 1.67. The fourth-order valence-corrected chi connectivity index (χ4v) is 3.10. The number of piperidine rings is 1. The van der Waals surface area contributed by atoms with Gasteiger partial charge in [0.1, 0.15) is 6.10 Å². The largest absolute Gasteiger partial charge is 0.366 e. The van der Waals surface area contributed by atoms with Gasteiger partial charge in [0.15, 0.2) is 0 Å². The monoisotopic (exact) mass is 433 g/mol. The lowest BCUT2D eigenvalue weighted by Gasteiger charge is -2.29. The van der Waals surface area contributed by atoms with Crippen molar-refractivity contribution in [2.75, 3.05) is 50.5 Å². The number of rotatable bonds is 4. The summed E-state index contributed by atoms with van der Waals surface area (Å²) in [4.78, 5) is 26.5. The summed E-state index contributed by atoms with van der Waals surface area (Å²) >= 11 is 0. The van der Waals surface area contributed by atoms with E-state index >= 15 is 0 Å². The van der Waals surface area contributed by atoms with E-state index in [1.54, 1.807) is 24.3 Å². The highest BCUT2D eigenvalue weighted by Crippen LogP contribution is 2.15. The van der Waals surface area contributed by atoms with E-state index in [1.165, 1.54) is 0 Å². The van der Waals surface area contributed by atoms with Gasteiger partial charge < -0.3 is 30.9 Å². The number of urea groups is 1. The van der Waals surface area contributed by atoms with Crippen molar-refractivity contribution in [3.63, 3.8) is 0 Å². The summed E-state index contributed by atoms with van der Waals surface area (Å²) in [5.41, 5.74) is 1.36. The van der Waals surface area contributed by atoms with E-state index in [-0.39, 0.29) is 42.8 Å². The second-order valence-electron chi connectivity index (χ2n) is 6.81. The number of halogens is 2. The van der Waals surface area contributed by atoms with Gasteiger partial charge in [-0.2, -0.15) is 0 Å². The van der Waals surface area contributed by atoms with E-state index in [2.05, 4.69) is 33.2 Å². The van der Waals surface area contributed by atoms with Crippen LogP contribution in [0.5, 0.6) is 0 Å². The third-order valence-electron chi connectivity index (χ3n) is 4.68. The fraction of sp³-hybridized carbons (Fsp3) is 0.556. The maximum absolute atomic E-state index is 12.1. The van der Waals surface area contributed by atoms with Gasteiger partial charge in [0.25, 0.3) is 5.91 Å². The summed E-state index contributed by atoms with van der Waals surface area (Å²) in [6.45, 7) is 3.82. The Morgan fingerprint density at radius 1 is 1.07 bits per heavy atom. The van der Waals surface area contributed by atoms with Gasteiger partial charge in [-0.05, 0) is 57.2 Å². The molecule has 0 aromatic heterocycles. The maximum atomic E-state index is 12.1. The molecule has 28 heavy (non-hydrogen) atoms. The number of morpholine rings is 1. The van der Waals surface area contributed by atoms with Crippen molar-refractivity contribution in [3.8, 4) is 0 Å². The topological polar surface area (TPSA) is 94.7 Å². The van der Waals surface area contributed by atoms with Gasteiger partial charge in [-0.3, -0.25) is 4.79 Å². The molecule has 0 radical (unpaired) electrons. The van der Waals surface area contributed by atoms with E-state index in [0.29, 0.717) is 24.5 Å². The lowest BCUT2D eigenvalue weighted by molar-refractivity contribution is -0.128. The average molecular weight is 434 g/mol. The molecule has 2 aliphatic rings. The smallest absolute Gasteiger partial charge is 0.319 e. The minimum Gasteiger partial charge on any atom is -0.366 e. The molecule has 2 heterocycles. The first kappa shape index (κ1) is 24.5. The number of carbonyl (C=O) groups is 2. The zero-order valence-corrected chi connectivity index (χ0v) is 17.5. The summed E-state index contributed by atoms with van der Waals surface area (Å²) in [5, 5.41) is 11.8. The summed E-state index contributed by atoms with van der Waals surface area (Å²) in [6, 6.07) is 7.08. The number of likely N-dealkylation sites (tertiary alicyclic amines) is 1. The van der Waals surface area contributed by atoms with Crippen LogP contribution in [0, 0.1) is 0 Å². The van der Waals surface area contributed by atoms with Gasteiger partial charge in [-0.1, -0.05) is 0 Å². The Balaban J connectivity index is 0.00000196. The Morgan fingerprint density at radius 2 is 1.68 bits per heavy atom. The molecule has 0 unspecified atom stereocenters. The first-order valence-corrected chi connectivity index (χ1v) is 9.09. The lowest BCUT2D eigenvalue weighted by Crippen LogP contribution is -2.45. The third-order valence-corrected chi connectivity index (χ3v) is 4.68. The minimum atomic E-state index is -0.470. The number of hydrogen-bond donors (Lipinski definition) is 4. The second kappa shape index (κ2) is 12.1. The van der Waals surface area contributed by atoms with Crippen molar-refractivity contribution in [1.29, 1.82) is 0 Å². The molecule has 0 spiro atoms. The molecule has 2 saturated heterocycles. The summed E-state index contributed by atoms with van der Waals surface area (Å²) in [7, 11) is 2.09. The summed E-state index contributed by atoms with van der Waals surface area (Å²) < 4.78 is 5.42. The van der Waals surface area contributed by atoms with Crippen LogP contribution in [-0.2, 0) is 9.53 Å². The molecular weight excluding hydrogens is 405 g/mol. The van der Waals surface area contributed by atoms with Gasteiger partial charge in [0, 0.05) is 30.5 Å². The van der Waals surface area contributed by atoms with Crippen molar-refractivity contribution in [1.82, 2.24) is 15.5 Å². The second-order valence-corrected chi connectivity index (χ2v) is 6.81. The number of nitrogens with zero attached hydrogens (tertiary/aromatic N) is 1. The van der Waals surface area contributed by atoms with Crippen LogP contribution in [0.3, 0.4) is 0 Å². The average Bonchev–Trinajstić information content (AvgIpc) is 2.66. The molecule has 1 aromatic rings. The van der Waals surface area contributed by atoms with Crippen molar-refractivity contribution >= 4 is 48.1 Å². The van der Waals surface area contributed by atoms with Crippen molar-refractivity contribution < 1.29 is 14.3 Å². The van der Waals surface area contributed by atoms with Crippen LogP contribution in [-0.4, -0.2) is 68.8 Å². The highest BCUT2D eigenvalue weighted by atomic mass is 35.5. The first-order valence-electron chi connectivity index (χ1n) is 9.09. The number of nitrogens with one attached hydrogen (secondary N) is 4. The third kappa shape index (κ3) is 7.44. The molecule has 3 amide bonds. The van der Waals surface area contributed by atoms with E-state index in [4.69, 9.17) is 4.74 Å². The predicted molar refractivity (Wildman–Crippen MR) is 115 cm³/mol. The van der Waals surface area contributed by atoms with Crippen molar-refractivity contribution in [3.05, 3.63) is 24.3 Å². The SMILES string of the molecule is CN1CCC(NC(=O)Nc2ccc(NC(=O)[C@H]3CNCCO3)cc2)CC1.Cl.Cl. The molecular formula is C18H29Cl2N5O3. The zero-order chi connectivity index (χ0) is 18.4. The molecule has 1 atom stereocenters. The van der Waals surface area contributed by atoms with E-state index in [1.807, 2.05) is 0 Å². The molecule has 8 nitrogen and oxygen atoms in total. The Bertz CT molecular complexity index is 618. The summed E-state index contributed by atoms with van der Waals surface area (Å²) in [6.07, 6.45) is 1.46. The Morgan fingerprint density at radius 3 is 2.25 bits per heavy atom. The van der Waals surface area contributed by atoms with Gasteiger partial charge in [0.05, 0.1) is 6.61 Å². The Kier molecular flexibility index (Phi) is 10.6. The number of amides is 3. The highest BCUT2D eigenvalue weighted by Gasteiger charge is 2.22. The summed E-state index contributed by atoms with van der Waals surface area (Å²) in [5.74, 6) is -0.169. The number of benzene rings is 1. The maximum Gasteiger partial charge on any atom is 0.319 e. The number of hydrogen-bond acceptors (Lipinski definition) is 5. The molecule has 2 aliphatic heterocycles. The normalized spacial score (nSPS) is 20.2. The highest BCUT2D eigenvalue weighted by molar-refractivity contribution is 5.95. The molecule has 3 rings (SSSR count). The molecule has 10 heteroatoms. The fourth-order valence-electron chi connectivity index (χ4n) is 3.10. The van der Waals surface area contributed by atoms with Crippen LogP contribution < -0.4 is 21.3 Å². The van der Waals surface area contributed by atoms with Crippen LogP contribution in [0.2, 0.25) is 0 Å². The Labute approximate surface area is 178 Å². The number of ether oxygens (including phenoxy) is 1. The standard InChI is InChI=1S/C18H27N5O3.2ClH/c1-23-9-6-15(7-10-23)22-18(25)21-14-4-2-13(3-5-14)20-17(24)16-12-19-8-11-26-16;;/h2-5,15-16,19H,6-12H2,1H3,(H,20,24)(H2,21,22,25);2*1H/t16-;;/m1../s1. The first-order chi connectivity index (χ1) is 12.6. The van der Waals surface area contributed by atoms with Crippen LogP contribution in [0.4, 0.5) is 16.2 Å². The van der Waals surface area contributed by atoms with E-state index in [9.17, 15) is 9.59 Å². The van der Waals surface area contributed by atoms with Gasteiger partial charge in [-0.25, -0.2) is 4.79 Å². The van der Waals surface area contributed by atoms with Gasteiger partial charge in [-0.15, -0.1) is 24.8 Å². The minimum absolute atomic E-state index is 0. The molecule has 1 aromatic carbocycles. The van der Waals surface area contributed by atoms with Crippen LogP contribution in [0.15, 0.2) is 24.3 Å². The molecule has 0 saturated carbocycles. The molecule has 0 aliphatic carbocycles. The quantitative estimate of drug-likeness (QED) is 0.579.